The van der Waals surface area contributed by atoms with Gasteiger partial charge in [0.1, 0.15) is 5.76 Å². The number of piperidine rings is 1. The van der Waals surface area contributed by atoms with Gasteiger partial charge < -0.3 is 15.2 Å². The molecule has 1 fully saturated rings. The first kappa shape index (κ1) is 22.8. The molecule has 1 unspecified atom stereocenters. The largest absolute Gasteiger partial charge is 0.361 e. The Bertz CT molecular complexity index is 1020. The van der Waals surface area contributed by atoms with Crippen LogP contribution in [0.25, 0.3) is 5.57 Å². The highest BCUT2D eigenvalue weighted by Crippen LogP contribution is 2.42. The Kier molecular flexibility index (Phi) is 6.06. The summed E-state index contributed by atoms with van der Waals surface area (Å²) in [4.78, 5) is 12.8. The van der Waals surface area contributed by atoms with Crippen LogP contribution in [0.2, 0.25) is 0 Å². The Morgan fingerprint density at radius 2 is 1.88 bits per heavy atom. The number of allylic oxidation sites excluding steroid dienone is 2. The number of nitrogens with zero attached hydrogens (tertiary/aromatic N) is 1. The summed E-state index contributed by atoms with van der Waals surface area (Å²) < 4.78 is 5.09. The Morgan fingerprint density at radius 1 is 1.16 bits per heavy atom. The maximum Gasteiger partial charge on any atom is 0.277 e. The number of amides is 1. The number of rotatable bonds is 4. The molecule has 1 atom stereocenters. The first-order valence-corrected chi connectivity index (χ1v) is 11.9. The molecule has 1 aromatic carbocycles. The normalized spacial score (nSPS) is 22.9. The molecule has 1 aliphatic carbocycles. The van der Waals surface area contributed by atoms with Crippen LogP contribution in [0.3, 0.4) is 0 Å². The summed E-state index contributed by atoms with van der Waals surface area (Å²) in [5.41, 5.74) is 5.19. The number of hydrogen-bond donors (Lipinski definition) is 2. The first-order chi connectivity index (χ1) is 15.0. The van der Waals surface area contributed by atoms with Gasteiger partial charge in [-0.1, -0.05) is 24.2 Å². The van der Waals surface area contributed by atoms with Gasteiger partial charge in [0.25, 0.3) is 5.91 Å². The maximum atomic E-state index is 12.8. The standard InChI is InChI=1S/C27H37N3O2/c1-17-7-9-19(10-8-17)22-14-20(21-15-26(3,4)30-27(5,6)16-21)11-12-23(22)28-25(31)24-13-18(2)32-29-24/h9,11-14,17,21,30H,7-8,10,15-16H2,1-6H3,(H,28,31). The van der Waals surface area contributed by atoms with Crippen LogP contribution >= 0.6 is 0 Å². The van der Waals surface area contributed by atoms with Crippen molar-refractivity contribution in [1.29, 1.82) is 0 Å². The average Bonchev–Trinajstić information content (AvgIpc) is 3.13. The molecule has 2 heterocycles. The van der Waals surface area contributed by atoms with E-state index in [2.05, 4.69) is 74.7 Å². The smallest absolute Gasteiger partial charge is 0.277 e. The second kappa shape index (κ2) is 8.51. The highest BCUT2D eigenvalue weighted by molar-refractivity contribution is 6.04. The molecule has 0 spiro atoms. The molecule has 5 nitrogen and oxygen atoms in total. The molecule has 4 rings (SSSR count). The summed E-state index contributed by atoms with van der Waals surface area (Å²) in [5, 5.41) is 10.8. The molecule has 1 amide bonds. The Morgan fingerprint density at radius 3 is 2.47 bits per heavy atom. The van der Waals surface area contributed by atoms with E-state index in [1.54, 1.807) is 13.0 Å². The molecule has 1 saturated heterocycles. The van der Waals surface area contributed by atoms with Crippen LogP contribution in [0.5, 0.6) is 0 Å². The molecule has 1 aliphatic heterocycles. The molecule has 5 heteroatoms. The minimum atomic E-state index is -0.232. The molecule has 1 aromatic heterocycles. The van der Waals surface area contributed by atoms with Crippen molar-refractivity contribution >= 4 is 17.2 Å². The second-order valence-electron chi connectivity index (χ2n) is 11.2. The number of benzene rings is 1. The van der Waals surface area contributed by atoms with E-state index < -0.39 is 0 Å². The van der Waals surface area contributed by atoms with Gasteiger partial charge in [0, 0.05) is 28.4 Å². The van der Waals surface area contributed by atoms with E-state index in [1.807, 2.05) is 0 Å². The molecule has 0 bridgehead atoms. The van der Waals surface area contributed by atoms with Crippen LogP contribution in [0.15, 0.2) is 34.9 Å². The Hall–Kier alpha value is -2.40. The third kappa shape index (κ3) is 5.15. The summed E-state index contributed by atoms with van der Waals surface area (Å²) >= 11 is 0. The number of nitrogens with one attached hydrogen (secondary N) is 2. The lowest BCUT2D eigenvalue weighted by Crippen LogP contribution is -2.57. The molecule has 2 aliphatic rings. The number of anilines is 1. The predicted octanol–water partition coefficient (Wildman–Crippen LogP) is 6.46. The Balaban J connectivity index is 1.68. The maximum absolute atomic E-state index is 12.8. The van der Waals surface area contributed by atoms with E-state index in [0.717, 1.165) is 36.9 Å². The van der Waals surface area contributed by atoms with Crippen LogP contribution in [-0.2, 0) is 0 Å². The fourth-order valence-corrected chi connectivity index (χ4v) is 5.62. The minimum Gasteiger partial charge on any atom is -0.361 e. The van der Waals surface area contributed by atoms with Crippen molar-refractivity contribution in [3.05, 3.63) is 52.9 Å². The van der Waals surface area contributed by atoms with Crippen molar-refractivity contribution < 1.29 is 9.32 Å². The monoisotopic (exact) mass is 435 g/mol. The van der Waals surface area contributed by atoms with Crippen LogP contribution in [0.1, 0.15) is 100 Å². The van der Waals surface area contributed by atoms with E-state index in [0.29, 0.717) is 23.3 Å². The highest BCUT2D eigenvalue weighted by atomic mass is 16.5. The van der Waals surface area contributed by atoms with Gasteiger partial charge in [0.2, 0.25) is 0 Å². The van der Waals surface area contributed by atoms with Crippen LogP contribution in [-0.4, -0.2) is 22.1 Å². The van der Waals surface area contributed by atoms with Crippen LogP contribution in [0.4, 0.5) is 5.69 Å². The van der Waals surface area contributed by atoms with Crippen molar-refractivity contribution in [3.63, 3.8) is 0 Å². The fraction of sp³-hybridized carbons (Fsp3) is 0.556. The Labute approximate surface area is 192 Å². The molecule has 2 N–H and O–H groups in total. The van der Waals surface area contributed by atoms with E-state index >= 15 is 0 Å². The van der Waals surface area contributed by atoms with E-state index in [1.165, 1.54) is 17.6 Å². The van der Waals surface area contributed by atoms with E-state index in [4.69, 9.17) is 4.52 Å². The van der Waals surface area contributed by atoms with Gasteiger partial charge in [-0.05, 0) is 102 Å². The molecular formula is C27H37N3O2. The number of hydrogen-bond acceptors (Lipinski definition) is 4. The third-order valence-corrected chi connectivity index (χ3v) is 6.83. The molecule has 32 heavy (non-hydrogen) atoms. The van der Waals surface area contributed by atoms with Gasteiger partial charge in [-0.3, -0.25) is 4.79 Å². The van der Waals surface area contributed by atoms with Crippen molar-refractivity contribution in [3.8, 4) is 0 Å². The molecule has 0 saturated carbocycles. The number of aryl methyl sites for hydroxylation is 1. The lowest BCUT2D eigenvalue weighted by atomic mass is 9.72. The summed E-state index contributed by atoms with van der Waals surface area (Å²) in [6.07, 6.45) is 7.85. The topological polar surface area (TPSA) is 67.2 Å². The minimum absolute atomic E-state index is 0.0871. The fourth-order valence-electron chi connectivity index (χ4n) is 5.62. The summed E-state index contributed by atoms with van der Waals surface area (Å²) in [7, 11) is 0. The van der Waals surface area contributed by atoms with E-state index in [9.17, 15) is 4.79 Å². The van der Waals surface area contributed by atoms with Crippen molar-refractivity contribution in [2.24, 2.45) is 5.92 Å². The summed E-state index contributed by atoms with van der Waals surface area (Å²) in [6, 6.07) is 8.27. The summed E-state index contributed by atoms with van der Waals surface area (Å²) in [5.74, 6) is 1.59. The lowest BCUT2D eigenvalue weighted by molar-refractivity contribution is 0.101. The molecular weight excluding hydrogens is 398 g/mol. The zero-order valence-corrected chi connectivity index (χ0v) is 20.3. The summed E-state index contributed by atoms with van der Waals surface area (Å²) in [6.45, 7) is 13.3. The predicted molar refractivity (Wildman–Crippen MR) is 130 cm³/mol. The molecule has 172 valence electrons. The van der Waals surface area contributed by atoms with Gasteiger partial charge in [-0.15, -0.1) is 0 Å². The average molecular weight is 436 g/mol. The molecule has 0 radical (unpaired) electrons. The first-order valence-electron chi connectivity index (χ1n) is 11.9. The van der Waals surface area contributed by atoms with Gasteiger partial charge in [-0.2, -0.15) is 0 Å². The number of aromatic nitrogens is 1. The third-order valence-electron chi connectivity index (χ3n) is 6.83. The van der Waals surface area contributed by atoms with Gasteiger partial charge in [0.05, 0.1) is 0 Å². The number of carbonyl (C=O) groups is 1. The van der Waals surface area contributed by atoms with Gasteiger partial charge in [0.15, 0.2) is 5.69 Å². The van der Waals surface area contributed by atoms with Crippen LogP contribution < -0.4 is 10.6 Å². The van der Waals surface area contributed by atoms with E-state index in [-0.39, 0.29) is 17.0 Å². The zero-order chi connectivity index (χ0) is 23.1. The van der Waals surface area contributed by atoms with Gasteiger partial charge in [-0.25, -0.2) is 0 Å². The second-order valence-corrected chi connectivity index (χ2v) is 11.2. The number of carbonyl (C=O) groups excluding carboxylic acids is 1. The van der Waals surface area contributed by atoms with Crippen molar-refractivity contribution in [2.45, 2.75) is 90.6 Å². The zero-order valence-electron chi connectivity index (χ0n) is 20.3. The SMILES string of the molecule is Cc1cc(C(=O)Nc2ccc(C3CC(C)(C)NC(C)(C)C3)cc2C2=CCC(C)CC2)no1. The quantitative estimate of drug-likeness (QED) is 0.578. The lowest BCUT2D eigenvalue weighted by Gasteiger charge is -2.47. The highest BCUT2D eigenvalue weighted by Gasteiger charge is 2.38. The van der Waals surface area contributed by atoms with Crippen LogP contribution in [0, 0.1) is 12.8 Å². The molecule has 2 aromatic rings. The van der Waals surface area contributed by atoms with Crippen molar-refractivity contribution in [1.82, 2.24) is 10.5 Å². The van der Waals surface area contributed by atoms with Gasteiger partial charge >= 0.3 is 0 Å². The van der Waals surface area contributed by atoms with Crippen molar-refractivity contribution in [2.75, 3.05) is 5.32 Å².